The maximum absolute atomic E-state index is 11.8. The average molecular weight is 240 g/mol. The van der Waals surface area contributed by atoms with Gasteiger partial charge in [-0.3, -0.25) is 9.59 Å². The van der Waals surface area contributed by atoms with Crippen molar-refractivity contribution in [2.24, 2.45) is 0 Å². The molecule has 0 aliphatic carbocycles. The summed E-state index contributed by atoms with van der Waals surface area (Å²) in [5.74, 6) is -1.31. The molecule has 1 heterocycles. The molecule has 1 aromatic carbocycles. The number of anilines is 1. The van der Waals surface area contributed by atoms with Crippen LogP contribution in [0.3, 0.4) is 0 Å². The lowest BCUT2D eigenvalue weighted by Gasteiger charge is -2.19. The molecule has 0 aromatic heterocycles. The van der Waals surface area contributed by atoms with Crippen LogP contribution in [0.5, 0.6) is 0 Å². The van der Waals surface area contributed by atoms with E-state index in [4.69, 9.17) is 16.7 Å². The normalized spacial score (nSPS) is 22.8. The molecular formula is C11H10ClNO3. The Morgan fingerprint density at radius 3 is 2.88 bits per heavy atom. The Kier molecular flexibility index (Phi) is 2.39. The molecular weight excluding hydrogens is 230 g/mol. The Morgan fingerprint density at radius 1 is 1.56 bits per heavy atom. The van der Waals surface area contributed by atoms with Gasteiger partial charge in [-0.15, -0.1) is 0 Å². The van der Waals surface area contributed by atoms with Crippen molar-refractivity contribution in [3.05, 3.63) is 28.8 Å². The van der Waals surface area contributed by atoms with E-state index in [9.17, 15) is 9.59 Å². The van der Waals surface area contributed by atoms with Crippen molar-refractivity contribution in [2.45, 2.75) is 18.8 Å². The van der Waals surface area contributed by atoms with Crippen LogP contribution in [0.25, 0.3) is 0 Å². The highest BCUT2D eigenvalue weighted by Gasteiger charge is 2.44. The molecule has 1 amide bonds. The summed E-state index contributed by atoms with van der Waals surface area (Å²) in [4.78, 5) is 22.6. The molecule has 1 aliphatic heterocycles. The first kappa shape index (κ1) is 11.0. The molecule has 84 valence electrons. The largest absolute Gasteiger partial charge is 0.481 e. The van der Waals surface area contributed by atoms with Gasteiger partial charge in [-0.1, -0.05) is 11.6 Å². The molecule has 0 radical (unpaired) electrons. The highest BCUT2D eigenvalue weighted by Crippen LogP contribution is 2.41. The number of carboxylic acids is 1. The monoisotopic (exact) mass is 239 g/mol. The summed E-state index contributed by atoms with van der Waals surface area (Å²) in [6.07, 6.45) is -0.244. The van der Waals surface area contributed by atoms with Gasteiger partial charge in [0.15, 0.2) is 0 Å². The van der Waals surface area contributed by atoms with Crippen LogP contribution in [0, 0.1) is 0 Å². The van der Waals surface area contributed by atoms with Gasteiger partial charge < -0.3 is 10.4 Å². The van der Waals surface area contributed by atoms with Gasteiger partial charge in [-0.05, 0) is 30.7 Å². The van der Waals surface area contributed by atoms with Crippen molar-refractivity contribution in [1.82, 2.24) is 0 Å². The first-order valence-electron chi connectivity index (χ1n) is 4.77. The van der Waals surface area contributed by atoms with Gasteiger partial charge in [0.2, 0.25) is 5.91 Å². The molecule has 1 aromatic rings. The number of aliphatic carboxylic acids is 1. The Bertz CT molecular complexity index is 486. The highest BCUT2D eigenvalue weighted by atomic mass is 35.5. The summed E-state index contributed by atoms with van der Waals surface area (Å²) in [5.41, 5.74) is 0.247. The van der Waals surface area contributed by atoms with Crippen molar-refractivity contribution in [3.8, 4) is 0 Å². The van der Waals surface area contributed by atoms with E-state index >= 15 is 0 Å². The zero-order chi connectivity index (χ0) is 11.9. The summed E-state index contributed by atoms with van der Waals surface area (Å²) >= 11 is 5.85. The third kappa shape index (κ3) is 1.55. The molecule has 4 nitrogen and oxygen atoms in total. The maximum Gasteiger partial charge on any atom is 0.304 e. The van der Waals surface area contributed by atoms with Crippen LogP contribution < -0.4 is 5.32 Å². The number of hydrogen-bond acceptors (Lipinski definition) is 2. The fourth-order valence-corrected chi connectivity index (χ4v) is 2.11. The molecule has 1 atom stereocenters. The fourth-order valence-electron chi connectivity index (χ4n) is 1.94. The number of halogens is 1. The lowest BCUT2D eigenvalue weighted by molar-refractivity contribution is -0.140. The van der Waals surface area contributed by atoms with Gasteiger partial charge in [0, 0.05) is 10.7 Å². The molecule has 1 aliphatic rings. The van der Waals surface area contributed by atoms with E-state index in [1.165, 1.54) is 0 Å². The molecule has 0 spiro atoms. The lowest BCUT2D eigenvalue weighted by atomic mass is 9.81. The molecule has 5 heteroatoms. The first-order chi connectivity index (χ1) is 7.43. The van der Waals surface area contributed by atoms with Crippen molar-refractivity contribution in [1.29, 1.82) is 0 Å². The van der Waals surface area contributed by atoms with Crippen molar-refractivity contribution < 1.29 is 14.7 Å². The van der Waals surface area contributed by atoms with E-state index in [1.54, 1.807) is 25.1 Å². The molecule has 1 unspecified atom stereocenters. The first-order valence-corrected chi connectivity index (χ1v) is 5.14. The summed E-state index contributed by atoms with van der Waals surface area (Å²) in [6.45, 7) is 1.61. The van der Waals surface area contributed by atoms with E-state index < -0.39 is 11.4 Å². The summed E-state index contributed by atoms with van der Waals surface area (Å²) in [6, 6.07) is 4.98. The molecule has 2 rings (SSSR count). The van der Waals surface area contributed by atoms with Crippen molar-refractivity contribution >= 4 is 29.2 Å². The molecule has 16 heavy (non-hydrogen) atoms. The van der Waals surface area contributed by atoms with Crippen LogP contribution in [0.15, 0.2) is 18.2 Å². The standard InChI is InChI=1S/C11H10ClNO3/c1-11(5-9(14)15)7-4-6(12)2-3-8(7)13-10(11)16/h2-4H,5H2,1H3,(H,13,16)(H,14,15). The number of rotatable bonds is 2. The fraction of sp³-hybridized carbons (Fsp3) is 0.273. The van der Waals surface area contributed by atoms with Crippen LogP contribution in [0.2, 0.25) is 5.02 Å². The molecule has 0 fully saturated rings. The van der Waals surface area contributed by atoms with E-state index in [2.05, 4.69) is 5.32 Å². The summed E-state index contributed by atoms with van der Waals surface area (Å²) < 4.78 is 0. The number of carboxylic acid groups (broad SMARTS) is 1. The molecule has 0 saturated carbocycles. The van der Waals surface area contributed by atoms with Gasteiger partial charge >= 0.3 is 5.97 Å². The van der Waals surface area contributed by atoms with Gasteiger partial charge in [0.1, 0.15) is 0 Å². The Balaban J connectivity index is 2.53. The lowest BCUT2D eigenvalue weighted by Crippen LogP contribution is -2.33. The minimum atomic E-state index is -1.04. The number of carbonyl (C=O) groups excluding carboxylic acids is 1. The van der Waals surface area contributed by atoms with Crippen molar-refractivity contribution in [3.63, 3.8) is 0 Å². The second-order valence-corrected chi connectivity index (χ2v) is 4.48. The van der Waals surface area contributed by atoms with E-state index in [0.29, 0.717) is 16.3 Å². The zero-order valence-electron chi connectivity index (χ0n) is 8.58. The van der Waals surface area contributed by atoms with Crippen LogP contribution >= 0.6 is 11.6 Å². The summed E-state index contributed by atoms with van der Waals surface area (Å²) in [5, 5.41) is 12.0. The molecule has 0 saturated heterocycles. The van der Waals surface area contributed by atoms with E-state index in [0.717, 1.165) is 0 Å². The minimum absolute atomic E-state index is 0.244. The number of fused-ring (bicyclic) bond motifs is 1. The van der Waals surface area contributed by atoms with E-state index in [1.807, 2.05) is 0 Å². The van der Waals surface area contributed by atoms with Crippen LogP contribution in [-0.2, 0) is 15.0 Å². The smallest absolute Gasteiger partial charge is 0.304 e. The van der Waals surface area contributed by atoms with Crippen LogP contribution in [0.4, 0.5) is 5.69 Å². The second kappa shape index (κ2) is 3.49. The zero-order valence-corrected chi connectivity index (χ0v) is 9.34. The van der Waals surface area contributed by atoms with Crippen molar-refractivity contribution in [2.75, 3.05) is 5.32 Å². The Hall–Kier alpha value is -1.55. The van der Waals surface area contributed by atoms with E-state index in [-0.39, 0.29) is 12.3 Å². The number of carbonyl (C=O) groups is 2. The van der Waals surface area contributed by atoms with Gasteiger partial charge in [-0.25, -0.2) is 0 Å². The highest BCUT2D eigenvalue weighted by molar-refractivity contribution is 6.31. The third-order valence-electron chi connectivity index (χ3n) is 2.83. The van der Waals surface area contributed by atoms with Gasteiger partial charge in [-0.2, -0.15) is 0 Å². The number of hydrogen-bond donors (Lipinski definition) is 2. The predicted octanol–water partition coefficient (Wildman–Crippen LogP) is 2.02. The molecule has 2 N–H and O–H groups in total. The number of benzene rings is 1. The van der Waals surface area contributed by atoms with Crippen LogP contribution in [0.1, 0.15) is 18.9 Å². The average Bonchev–Trinajstić information content (AvgIpc) is 2.40. The van der Waals surface area contributed by atoms with Crippen LogP contribution in [-0.4, -0.2) is 17.0 Å². The minimum Gasteiger partial charge on any atom is -0.481 e. The SMILES string of the molecule is CC1(CC(=O)O)C(=O)Nc2ccc(Cl)cc21. The van der Waals surface area contributed by atoms with Gasteiger partial charge in [0.05, 0.1) is 11.8 Å². The summed E-state index contributed by atoms with van der Waals surface area (Å²) in [7, 11) is 0. The van der Waals surface area contributed by atoms with Gasteiger partial charge in [0.25, 0.3) is 0 Å². The Morgan fingerprint density at radius 2 is 2.25 bits per heavy atom. The Labute approximate surface area is 97.2 Å². The second-order valence-electron chi connectivity index (χ2n) is 4.05. The number of amides is 1. The topological polar surface area (TPSA) is 66.4 Å². The quantitative estimate of drug-likeness (QED) is 0.830. The maximum atomic E-state index is 11.8. The number of nitrogens with one attached hydrogen (secondary N) is 1. The third-order valence-corrected chi connectivity index (χ3v) is 3.07. The predicted molar refractivity (Wildman–Crippen MR) is 59.7 cm³/mol. The molecule has 0 bridgehead atoms.